The predicted molar refractivity (Wildman–Crippen MR) is 103 cm³/mol. The lowest BCUT2D eigenvalue weighted by Crippen LogP contribution is -2.31. The van der Waals surface area contributed by atoms with Gasteiger partial charge in [-0.1, -0.05) is 42.5 Å². The zero-order chi connectivity index (χ0) is 17.4. The summed E-state index contributed by atoms with van der Waals surface area (Å²) in [4.78, 5) is 27.7. The minimum absolute atomic E-state index is 0.0370. The highest BCUT2D eigenvalue weighted by atomic mass is 32.2. The second kappa shape index (κ2) is 4.98. The van der Waals surface area contributed by atoms with Crippen LogP contribution in [-0.4, -0.2) is 11.8 Å². The number of amides is 2. The van der Waals surface area contributed by atoms with Crippen molar-refractivity contribution >= 4 is 40.0 Å². The standard InChI is InChI=1S/C22H15NO2S/c24-21-17-18(22(25)23(21)14-8-2-1-3-9-14)20-16-11-13-7-5-4-6-12(13)10-15(16)19(17)26-20/h1-11,17-20H/t17-,18+,19?,20?. The van der Waals surface area contributed by atoms with Gasteiger partial charge >= 0.3 is 0 Å². The zero-order valence-corrected chi connectivity index (χ0v) is 14.6. The highest BCUT2D eigenvalue weighted by Crippen LogP contribution is 2.69. The number of nitrogens with zero attached hydrogens (tertiary/aromatic N) is 1. The van der Waals surface area contributed by atoms with Crippen molar-refractivity contribution in [1.29, 1.82) is 0 Å². The summed E-state index contributed by atoms with van der Waals surface area (Å²) < 4.78 is 0. The van der Waals surface area contributed by atoms with Gasteiger partial charge in [0.25, 0.3) is 0 Å². The first kappa shape index (κ1) is 14.6. The molecule has 4 heteroatoms. The van der Waals surface area contributed by atoms with Gasteiger partial charge in [0, 0.05) is 10.5 Å². The summed E-state index contributed by atoms with van der Waals surface area (Å²) in [5, 5.41) is 2.59. The van der Waals surface area contributed by atoms with Gasteiger partial charge in [-0.25, -0.2) is 4.90 Å². The van der Waals surface area contributed by atoms with Gasteiger partial charge in [-0.3, -0.25) is 9.59 Å². The number of carbonyl (C=O) groups excluding carboxylic acids is 2. The Labute approximate surface area is 155 Å². The maximum Gasteiger partial charge on any atom is 0.239 e. The molecular formula is C22H15NO2S. The maximum atomic E-state index is 13.2. The normalized spacial score (nSPS) is 28.7. The molecule has 3 aromatic carbocycles. The number of para-hydroxylation sites is 1. The Bertz CT molecular complexity index is 1030. The summed E-state index contributed by atoms with van der Waals surface area (Å²) in [6, 6.07) is 22.1. The first-order valence-electron chi connectivity index (χ1n) is 8.85. The summed E-state index contributed by atoms with van der Waals surface area (Å²) >= 11 is 1.80. The maximum absolute atomic E-state index is 13.2. The lowest BCUT2D eigenvalue weighted by molar-refractivity contribution is -0.122. The molecule has 0 aromatic heterocycles. The van der Waals surface area contributed by atoms with E-state index >= 15 is 0 Å². The SMILES string of the molecule is O=C1[C@@H]2C3SC(c4cc5ccccc5cc43)[C@@H]2C(=O)N1c1ccccc1. The van der Waals surface area contributed by atoms with Crippen LogP contribution in [-0.2, 0) is 9.59 Å². The molecule has 3 heterocycles. The molecule has 0 spiro atoms. The van der Waals surface area contributed by atoms with E-state index in [-0.39, 0.29) is 34.2 Å². The van der Waals surface area contributed by atoms with E-state index in [1.54, 1.807) is 11.8 Å². The molecule has 0 radical (unpaired) electrons. The van der Waals surface area contributed by atoms with E-state index < -0.39 is 0 Å². The van der Waals surface area contributed by atoms with Gasteiger partial charge < -0.3 is 0 Å². The third kappa shape index (κ3) is 1.70. The van der Waals surface area contributed by atoms with Crippen LogP contribution in [0, 0.1) is 11.8 Å². The van der Waals surface area contributed by atoms with E-state index in [1.165, 1.54) is 26.8 Å². The molecule has 26 heavy (non-hydrogen) atoms. The molecule has 2 fully saturated rings. The van der Waals surface area contributed by atoms with Gasteiger partial charge in [-0.05, 0) is 46.2 Å². The number of hydrogen-bond donors (Lipinski definition) is 0. The smallest absolute Gasteiger partial charge is 0.239 e. The number of thioether (sulfide) groups is 1. The number of imide groups is 1. The van der Waals surface area contributed by atoms with E-state index in [1.807, 2.05) is 42.5 Å². The van der Waals surface area contributed by atoms with E-state index in [0.717, 1.165) is 0 Å². The molecule has 0 aliphatic carbocycles. The molecule has 3 aliphatic heterocycles. The number of fused-ring (bicyclic) bond motifs is 9. The Morgan fingerprint density at radius 3 is 1.73 bits per heavy atom. The molecule has 2 amide bonds. The molecule has 3 aliphatic rings. The molecule has 0 saturated carbocycles. The molecule has 2 saturated heterocycles. The Hall–Kier alpha value is -2.59. The molecule has 0 N–H and O–H groups in total. The minimum Gasteiger partial charge on any atom is -0.274 e. The van der Waals surface area contributed by atoms with Crippen LogP contribution in [0.3, 0.4) is 0 Å². The number of hydrogen-bond acceptors (Lipinski definition) is 3. The minimum atomic E-state index is -0.230. The average molecular weight is 357 g/mol. The second-order valence-corrected chi connectivity index (χ2v) is 8.49. The average Bonchev–Trinajstić information content (AvgIpc) is 3.31. The van der Waals surface area contributed by atoms with Crippen molar-refractivity contribution in [3.8, 4) is 0 Å². The van der Waals surface area contributed by atoms with Crippen LogP contribution < -0.4 is 4.90 Å². The lowest BCUT2D eigenvalue weighted by atomic mass is 9.76. The Balaban J connectivity index is 1.49. The van der Waals surface area contributed by atoms with Gasteiger partial charge in [0.05, 0.1) is 17.5 Å². The largest absolute Gasteiger partial charge is 0.274 e. The van der Waals surface area contributed by atoms with Crippen LogP contribution in [0.15, 0.2) is 66.7 Å². The fraction of sp³-hybridized carbons (Fsp3) is 0.182. The Kier molecular flexibility index (Phi) is 2.79. The van der Waals surface area contributed by atoms with E-state index in [4.69, 9.17) is 0 Å². The van der Waals surface area contributed by atoms with E-state index in [0.29, 0.717) is 5.69 Å². The fourth-order valence-corrected chi connectivity index (χ4v) is 6.74. The van der Waals surface area contributed by atoms with Crippen LogP contribution in [0.1, 0.15) is 21.6 Å². The molecule has 3 aromatic rings. The van der Waals surface area contributed by atoms with Gasteiger partial charge in [0.2, 0.25) is 11.8 Å². The molecule has 6 rings (SSSR count). The van der Waals surface area contributed by atoms with Gasteiger partial charge in [-0.15, -0.1) is 11.8 Å². The van der Waals surface area contributed by atoms with Crippen LogP contribution in [0.2, 0.25) is 0 Å². The Morgan fingerprint density at radius 1 is 0.692 bits per heavy atom. The van der Waals surface area contributed by atoms with Gasteiger partial charge in [0.15, 0.2) is 0 Å². The molecule has 2 unspecified atom stereocenters. The number of benzene rings is 3. The Morgan fingerprint density at radius 2 is 1.19 bits per heavy atom. The molecule has 2 bridgehead atoms. The highest BCUT2D eigenvalue weighted by molar-refractivity contribution is 8.00. The fourth-order valence-electron chi connectivity index (χ4n) is 4.81. The number of carbonyl (C=O) groups is 2. The molecular weight excluding hydrogens is 342 g/mol. The van der Waals surface area contributed by atoms with Crippen molar-refractivity contribution in [3.63, 3.8) is 0 Å². The summed E-state index contributed by atoms with van der Waals surface area (Å²) in [6.07, 6.45) is 0. The second-order valence-electron chi connectivity index (χ2n) is 7.20. The van der Waals surface area contributed by atoms with Crippen LogP contribution in [0.5, 0.6) is 0 Å². The molecule has 4 atom stereocenters. The van der Waals surface area contributed by atoms with Crippen LogP contribution in [0.4, 0.5) is 5.69 Å². The summed E-state index contributed by atoms with van der Waals surface area (Å²) in [7, 11) is 0. The van der Waals surface area contributed by atoms with Crippen molar-refractivity contribution in [2.75, 3.05) is 4.90 Å². The zero-order valence-electron chi connectivity index (χ0n) is 13.8. The van der Waals surface area contributed by atoms with Crippen molar-refractivity contribution < 1.29 is 9.59 Å². The number of rotatable bonds is 1. The van der Waals surface area contributed by atoms with Gasteiger partial charge in [-0.2, -0.15) is 0 Å². The van der Waals surface area contributed by atoms with Crippen LogP contribution >= 0.6 is 11.8 Å². The molecule has 3 nitrogen and oxygen atoms in total. The van der Waals surface area contributed by atoms with E-state index in [2.05, 4.69) is 24.3 Å². The predicted octanol–water partition coefficient (Wildman–Crippen LogP) is 4.49. The summed E-state index contributed by atoms with van der Waals surface area (Å²) in [6.45, 7) is 0. The quantitative estimate of drug-likeness (QED) is 0.602. The third-order valence-electron chi connectivity index (χ3n) is 5.92. The van der Waals surface area contributed by atoms with Crippen molar-refractivity contribution in [2.45, 2.75) is 10.5 Å². The third-order valence-corrected chi connectivity index (χ3v) is 7.60. The van der Waals surface area contributed by atoms with Gasteiger partial charge in [0.1, 0.15) is 0 Å². The van der Waals surface area contributed by atoms with Crippen molar-refractivity contribution in [2.24, 2.45) is 11.8 Å². The van der Waals surface area contributed by atoms with E-state index in [9.17, 15) is 9.59 Å². The van der Waals surface area contributed by atoms with Crippen LogP contribution in [0.25, 0.3) is 10.8 Å². The first-order chi connectivity index (χ1) is 12.7. The summed E-state index contributed by atoms with van der Waals surface area (Å²) in [5.74, 6) is -0.534. The topological polar surface area (TPSA) is 37.4 Å². The van der Waals surface area contributed by atoms with Crippen molar-refractivity contribution in [3.05, 3.63) is 77.9 Å². The van der Waals surface area contributed by atoms with Crippen molar-refractivity contribution in [1.82, 2.24) is 0 Å². The lowest BCUT2D eigenvalue weighted by Gasteiger charge is -2.22. The monoisotopic (exact) mass is 357 g/mol. The highest BCUT2D eigenvalue weighted by Gasteiger charge is 2.63. The first-order valence-corrected chi connectivity index (χ1v) is 9.79. The number of anilines is 1. The molecule has 126 valence electrons. The summed E-state index contributed by atoms with van der Waals surface area (Å²) in [5.41, 5.74) is 3.18.